The fourth-order valence-corrected chi connectivity index (χ4v) is 12.2. The first-order valence-corrected chi connectivity index (χ1v) is 29.2. The van der Waals surface area contributed by atoms with Crippen LogP contribution in [-0.2, 0) is 0 Å². The van der Waals surface area contributed by atoms with Crippen LogP contribution < -0.4 is 28.4 Å². The Morgan fingerprint density at radius 3 is 0.733 bits per heavy atom. The van der Waals surface area contributed by atoms with Crippen LogP contribution in [0, 0.1) is 74.1 Å². The van der Waals surface area contributed by atoms with Gasteiger partial charge in [-0.15, -0.1) is 38.5 Å². The summed E-state index contributed by atoms with van der Waals surface area (Å²) in [6.45, 7) is 0.498. The third-order valence-electron chi connectivity index (χ3n) is 16.1. The number of terminal acetylenes is 6. The number of rotatable bonds is 18. The van der Waals surface area contributed by atoms with Crippen LogP contribution >= 0.6 is 0 Å². The van der Waals surface area contributed by atoms with Crippen LogP contribution in [0.3, 0.4) is 0 Å². The minimum atomic E-state index is 0.0740. The lowest BCUT2D eigenvalue weighted by atomic mass is 9.89. The van der Waals surface area contributed by atoms with Crippen molar-refractivity contribution in [2.24, 2.45) is 0 Å². The van der Waals surface area contributed by atoms with Crippen molar-refractivity contribution in [1.82, 2.24) is 0 Å². The zero-order valence-electron chi connectivity index (χ0n) is 48.9. The molecule has 3 aliphatic rings. The fourth-order valence-electron chi connectivity index (χ4n) is 12.2. The zero-order chi connectivity index (χ0) is 61.5. The molecule has 0 unspecified atom stereocenters. The van der Waals surface area contributed by atoms with E-state index in [1.165, 1.54) is 0 Å². The van der Waals surface area contributed by atoms with Crippen molar-refractivity contribution in [3.8, 4) is 175 Å². The lowest BCUT2D eigenvalue weighted by Crippen LogP contribution is -2.00. The topological polar surface area (TPSA) is 55.4 Å². The summed E-state index contributed by atoms with van der Waals surface area (Å²) in [7, 11) is 0. The lowest BCUT2D eigenvalue weighted by molar-refractivity contribution is 0.314. The molecule has 90 heavy (non-hydrogen) atoms. The summed E-state index contributed by atoms with van der Waals surface area (Å²) in [6, 6.07) is 70.4. The van der Waals surface area contributed by atoms with E-state index < -0.39 is 0 Å². The monoisotopic (exact) mass is 1160 g/mol. The Morgan fingerprint density at radius 1 is 0.222 bits per heavy atom. The van der Waals surface area contributed by atoms with Crippen molar-refractivity contribution in [2.45, 2.75) is 0 Å². The maximum absolute atomic E-state index is 6.00. The summed E-state index contributed by atoms with van der Waals surface area (Å²) in [5.41, 5.74) is 25.7. The number of ether oxygens (including phenoxy) is 6. The Bertz CT molecular complexity index is 4420. The van der Waals surface area contributed by atoms with Gasteiger partial charge in [0.2, 0.25) is 0 Å². The maximum atomic E-state index is 6.00. The molecule has 0 fully saturated rings. The molecule has 10 aromatic carbocycles. The Morgan fingerprint density at radius 2 is 0.467 bits per heavy atom. The van der Waals surface area contributed by atoms with Crippen molar-refractivity contribution in [3.05, 3.63) is 250 Å². The molecular weight excluding hydrogens is 1100 g/mol. The summed E-state index contributed by atoms with van der Waals surface area (Å²) in [4.78, 5) is 0. The van der Waals surface area contributed by atoms with E-state index in [0.717, 1.165) is 134 Å². The van der Waals surface area contributed by atoms with Crippen molar-refractivity contribution in [3.63, 3.8) is 0 Å². The van der Waals surface area contributed by atoms with Gasteiger partial charge in [-0.05, 0) is 225 Å². The van der Waals surface area contributed by atoms with E-state index in [4.69, 9.17) is 67.0 Å². The van der Waals surface area contributed by atoms with Crippen LogP contribution in [-0.4, -0.2) is 39.6 Å². The molecule has 0 aliphatic heterocycles. The van der Waals surface area contributed by atoms with Gasteiger partial charge in [-0.25, -0.2) is 0 Å². The fraction of sp³-hybridized carbons (Fsp3) is 0.0714. The van der Waals surface area contributed by atoms with Crippen LogP contribution in [0.5, 0.6) is 34.5 Å². The van der Waals surface area contributed by atoms with Gasteiger partial charge in [-0.2, -0.15) is 0 Å². The Kier molecular flexibility index (Phi) is 15.9. The molecule has 0 spiro atoms. The average molecular weight is 1160 g/mol. The predicted molar refractivity (Wildman–Crippen MR) is 365 cm³/mol. The van der Waals surface area contributed by atoms with Gasteiger partial charge in [0.05, 0.1) is 0 Å². The van der Waals surface area contributed by atoms with Crippen LogP contribution in [0.4, 0.5) is 0 Å². The number of hydrogen-bond acceptors (Lipinski definition) is 6. The SMILES string of the molecule is C#CCOc1ccc(/C=C2\c3ccccc3-c3ccc(-c4cc(-c5ccc6c(c5)/C(=C/c5ccc(OCC#C)c(OCC#C)c5)c5ccccc5-6)cc(-c5ccc6c(c5)/C(=C/c5ccc(OCC#C)c(OCC#C)c5)c5ccccc5-6)c4)cc32)cc1OCC#C. The standard InChI is InChI=1S/C84H54O6/c1-7-37-85-79-34-25-55(46-82(79)88-40-10-4)43-73-67-22-16-13-19-64(67)70-31-28-58(52-76(70)73)61-49-62(59-29-32-71-65-20-14-17-23-68(65)74(77(71)53-59)44-56-26-35-80(86-38-8-2)83(47-56)89-41-11-5)51-63(50-61)60-30-33-72-66-21-15-18-24-69(66)75(78(72)54-60)45-57-27-36-81(87-39-9-3)84(48-57)90-42-12-6/h1-6,13-36,43-54H,37-42H2/b73-43+,74-44+,75-45+. The second kappa shape index (κ2) is 25.3. The number of hydrogen-bond donors (Lipinski definition) is 0. The summed E-state index contributed by atoms with van der Waals surface area (Å²) < 4.78 is 35.6. The van der Waals surface area contributed by atoms with Crippen molar-refractivity contribution in [2.75, 3.05) is 39.6 Å². The molecule has 3 aliphatic carbocycles. The highest BCUT2D eigenvalue weighted by Crippen LogP contribution is 2.51. The van der Waals surface area contributed by atoms with E-state index >= 15 is 0 Å². The van der Waals surface area contributed by atoms with E-state index in [9.17, 15) is 0 Å². The highest BCUT2D eigenvalue weighted by Gasteiger charge is 2.28. The van der Waals surface area contributed by atoms with Gasteiger partial charge in [-0.1, -0.05) is 163 Å². The molecule has 0 aromatic heterocycles. The minimum Gasteiger partial charge on any atom is -0.477 e. The Labute approximate surface area is 525 Å². The third-order valence-corrected chi connectivity index (χ3v) is 16.1. The quantitative estimate of drug-likeness (QED) is 0.0798. The first kappa shape index (κ1) is 56.7. The average Bonchev–Trinajstić information content (AvgIpc) is 1.64. The van der Waals surface area contributed by atoms with Gasteiger partial charge in [0.1, 0.15) is 39.6 Å². The second-order valence-corrected chi connectivity index (χ2v) is 21.5. The van der Waals surface area contributed by atoms with Gasteiger partial charge in [0, 0.05) is 0 Å². The molecule has 0 bridgehead atoms. The first-order chi connectivity index (χ1) is 44.3. The van der Waals surface area contributed by atoms with Gasteiger partial charge in [0.25, 0.3) is 0 Å². The zero-order valence-corrected chi connectivity index (χ0v) is 48.9. The largest absolute Gasteiger partial charge is 0.477 e. The van der Waals surface area contributed by atoms with Gasteiger partial charge in [0.15, 0.2) is 34.5 Å². The molecule has 0 N–H and O–H groups in total. The predicted octanol–water partition coefficient (Wildman–Crippen LogP) is 17.5. The number of fused-ring (bicyclic) bond motifs is 9. The summed E-state index contributed by atoms with van der Waals surface area (Å²) in [5.74, 6) is 18.5. The molecule has 0 atom stereocenters. The van der Waals surface area contributed by atoms with Gasteiger partial charge < -0.3 is 28.4 Å². The summed E-state index contributed by atoms with van der Waals surface area (Å²) in [5, 5.41) is 0. The molecule has 6 heteroatoms. The van der Waals surface area contributed by atoms with Crippen molar-refractivity contribution in [1.29, 1.82) is 0 Å². The Balaban J connectivity index is 0.972. The van der Waals surface area contributed by atoms with E-state index in [-0.39, 0.29) is 39.6 Å². The number of benzene rings is 10. The summed E-state index contributed by atoms with van der Waals surface area (Å²) in [6.07, 6.45) is 40.3. The van der Waals surface area contributed by atoms with Crippen LogP contribution in [0.25, 0.3) is 102 Å². The molecule has 0 amide bonds. The smallest absolute Gasteiger partial charge is 0.163 e. The molecule has 6 nitrogen and oxygen atoms in total. The van der Waals surface area contributed by atoms with E-state index in [1.54, 1.807) is 0 Å². The van der Waals surface area contributed by atoms with E-state index in [1.807, 2.05) is 54.6 Å². The van der Waals surface area contributed by atoms with Crippen molar-refractivity contribution < 1.29 is 28.4 Å². The summed E-state index contributed by atoms with van der Waals surface area (Å²) >= 11 is 0. The molecule has 0 radical (unpaired) electrons. The van der Waals surface area contributed by atoms with Crippen LogP contribution in [0.1, 0.15) is 50.1 Å². The second-order valence-electron chi connectivity index (χ2n) is 21.5. The first-order valence-electron chi connectivity index (χ1n) is 29.2. The molecule has 10 aromatic rings. The molecule has 0 saturated heterocycles. The minimum absolute atomic E-state index is 0.0740. The molecule has 13 rings (SSSR count). The molecular formula is C84H54O6. The lowest BCUT2D eigenvalue weighted by Gasteiger charge is -2.15. The molecule has 426 valence electrons. The van der Waals surface area contributed by atoms with Gasteiger partial charge in [-0.3, -0.25) is 0 Å². The normalized spacial score (nSPS) is 12.9. The van der Waals surface area contributed by atoms with Crippen LogP contribution in [0.2, 0.25) is 0 Å². The van der Waals surface area contributed by atoms with Crippen molar-refractivity contribution >= 4 is 34.9 Å². The highest BCUT2D eigenvalue weighted by molar-refractivity contribution is 6.10. The van der Waals surface area contributed by atoms with Gasteiger partial charge >= 0.3 is 0 Å². The molecule has 0 heterocycles. The van der Waals surface area contributed by atoms with E-state index in [2.05, 4.69) is 199 Å². The van der Waals surface area contributed by atoms with E-state index in [0.29, 0.717) is 34.5 Å². The highest BCUT2D eigenvalue weighted by atomic mass is 16.5. The Hall–Kier alpha value is -12.4. The third kappa shape index (κ3) is 11.1. The van der Waals surface area contributed by atoms with Crippen LogP contribution in [0.15, 0.2) is 200 Å². The molecule has 0 saturated carbocycles. The maximum Gasteiger partial charge on any atom is 0.163 e.